The summed E-state index contributed by atoms with van der Waals surface area (Å²) in [6.45, 7) is 3.94. The van der Waals surface area contributed by atoms with Crippen LogP contribution in [0.1, 0.15) is 25.7 Å². The predicted octanol–water partition coefficient (Wildman–Crippen LogP) is 1.64. The fourth-order valence-electron chi connectivity index (χ4n) is 3.88. The number of piperidine rings is 2. The minimum atomic E-state index is -0.274. The van der Waals surface area contributed by atoms with E-state index in [1.54, 1.807) is 12.1 Å². The van der Waals surface area contributed by atoms with E-state index >= 15 is 0 Å². The lowest BCUT2D eigenvalue weighted by Gasteiger charge is -2.35. The summed E-state index contributed by atoms with van der Waals surface area (Å²) in [6, 6.07) is 6.05. The van der Waals surface area contributed by atoms with Gasteiger partial charge < -0.3 is 15.4 Å². The largest absolute Gasteiger partial charge is 0.493 e. The third-order valence-electron chi connectivity index (χ3n) is 5.51. The first-order valence-corrected chi connectivity index (χ1v) is 9.69. The van der Waals surface area contributed by atoms with Gasteiger partial charge in [0.25, 0.3) is 0 Å². The Morgan fingerprint density at radius 2 is 1.81 bits per heavy atom. The number of likely N-dealkylation sites (tertiary alicyclic amines) is 2. The SMILES string of the molecule is NC(=O)C1CCN(C(=O)CN2CCC[C@@H](COc3ccc(F)cc3)C2)CC1. The van der Waals surface area contributed by atoms with Gasteiger partial charge in [0.15, 0.2) is 0 Å². The Kier molecular flexibility index (Phi) is 6.66. The number of nitrogens with two attached hydrogens (primary N) is 1. The number of nitrogens with zero attached hydrogens (tertiary/aromatic N) is 2. The van der Waals surface area contributed by atoms with Crippen molar-refractivity contribution >= 4 is 11.8 Å². The van der Waals surface area contributed by atoms with Gasteiger partial charge in [-0.05, 0) is 56.5 Å². The first-order valence-electron chi connectivity index (χ1n) is 9.69. The first kappa shape index (κ1) is 19.6. The normalized spacial score (nSPS) is 21.8. The highest BCUT2D eigenvalue weighted by molar-refractivity contribution is 5.80. The number of carbonyl (C=O) groups excluding carboxylic acids is 2. The molecule has 2 aliphatic rings. The summed E-state index contributed by atoms with van der Waals surface area (Å²) in [5.41, 5.74) is 5.35. The molecular formula is C20H28FN3O3. The Hall–Kier alpha value is -2.15. The summed E-state index contributed by atoms with van der Waals surface area (Å²) < 4.78 is 18.7. The molecule has 2 fully saturated rings. The molecule has 1 atom stereocenters. The summed E-state index contributed by atoms with van der Waals surface area (Å²) in [5.74, 6) is 0.515. The number of hydrogen-bond donors (Lipinski definition) is 1. The van der Waals surface area contributed by atoms with Crippen molar-refractivity contribution in [3.63, 3.8) is 0 Å². The zero-order valence-corrected chi connectivity index (χ0v) is 15.6. The molecule has 1 aromatic rings. The summed E-state index contributed by atoms with van der Waals surface area (Å²) in [6.07, 6.45) is 3.43. The summed E-state index contributed by atoms with van der Waals surface area (Å²) >= 11 is 0. The lowest BCUT2D eigenvalue weighted by Crippen LogP contribution is -2.48. The number of amides is 2. The van der Waals surface area contributed by atoms with Crippen molar-refractivity contribution in [3.8, 4) is 5.75 Å². The molecule has 2 aliphatic heterocycles. The van der Waals surface area contributed by atoms with E-state index in [2.05, 4.69) is 4.90 Å². The average Bonchev–Trinajstić information content (AvgIpc) is 2.68. The van der Waals surface area contributed by atoms with Gasteiger partial charge in [-0.3, -0.25) is 14.5 Å². The van der Waals surface area contributed by atoms with E-state index in [0.29, 0.717) is 50.8 Å². The van der Waals surface area contributed by atoms with Gasteiger partial charge in [-0.1, -0.05) is 0 Å². The number of ether oxygens (including phenoxy) is 1. The maximum absolute atomic E-state index is 12.9. The van der Waals surface area contributed by atoms with Crippen LogP contribution in [-0.4, -0.2) is 60.9 Å². The summed E-state index contributed by atoms with van der Waals surface area (Å²) in [7, 11) is 0. The van der Waals surface area contributed by atoms with Crippen LogP contribution in [0.15, 0.2) is 24.3 Å². The van der Waals surface area contributed by atoms with Crippen molar-refractivity contribution in [2.45, 2.75) is 25.7 Å². The standard InChI is InChI=1S/C20H28FN3O3/c21-17-3-5-18(6-4-17)27-14-15-2-1-9-23(12-15)13-19(25)24-10-7-16(8-11-24)20(22)26/h3-6,15-16H,1-2,7-14H2,(H2,22,26)/t15-/m1/s1. The zero-order chi connectivity index (χ0) is 19.2. The molecule has 7 heteroatoms. The molecule has 0 radical (unpaired) electrons. The molecule has 27 heavy (non-hydrogen) atoms. The number of primary amides is 1. The third kappa shape index (κ3) is 5.66. The number of hydrogen-bond acceptors (Lipinski definition) is 4. The number of halogens is 1. The fraction of sp³-hybridized carbons (Fsp3) is 0.600. The molecule has 0 saturated carbocycles. The van der Waals surface area contributed by atoms with Gasteiger partial charge in [-0.25, -0.2) is 4.39 Å². The Morgan fingerprint density at radius 1 is 1.11 bits per heavy atom. The van der Waals surface area contributed by atoms with E-state index in [-0.39, 0.29) is 23.5 Å². The van der Waals surface area contributed by atoms with E-state index < -0.39 is 0 Å². The Labute approximate surface area is 159 Å². The van der Waals surface area contributed by atoms with Gasteiger partial charge in [0.05, 0.1) is 13.2 Å². The second-order valence-corrected chi connectivity index (χ2v) is 7.57. The van der Waals surface area contributed by atoms with Gasteiger partial charge in [0, 0.05) is 31.5 Å². The molecule has 3 rings (SSSR count). The molecule has 2 amide bonds. The quantitative estimate of drug-likeness (QED) is 0.818. The first-order chi connectivity index (χ1) is 13.0. The van der Waals surface area contributed by atoms with Crippen molar-refractivity contribution < 1.29 is 18.7 Å². The smallest absolute Gasteiger partial charge is 0.236 e. The van der Waals surface area contributed by atoms with Crippen LogP contribution in [0.4, 0.5) is 4.39 Å². The number of carbonyl (C=O) groups is 2. The Bertz CT molecular complexity index is 644. The number of rotatable bonds is 6. The van der Waals surface area contributed by atoms with Crippen LogP contribution in [-0.2, 0) is 9.59 Å². The zero-order valence-electron chi connectivity index (χ0n) is 15.6. The molecule has 0 unspecified atom stereocenters. The molecular weight excluding hydrogens is 349 g/mol. The van der Waals surface area contributed by atoms with Crippen LogP contribution in [0.2, 0.25) is 0 Å². The van der Waals surface area contributed by atoms with Crippen molar-refractivity contribution in [2.24, 2.45) is 17.6 Å². The monoisotopic (exact) mass is 377 g/mol. The second kappa shape index (κ2) is 9.17. The molecule has 2 N–H and O–H groups in total. The van der Waals surface area contributed by atoms with E-state index in [1.807, 2.05) is 4.90 Å². The Morgan fingerprint density at radius 3 is 2.48 bits per heavy atom. The van der Waals surface area contributed by atoms with Crippen molar-refractivity contribution in [1.29, 1.82) is 0 Å². The van der Waals surface area contributed by atoms with Crippen LogP contribution in [0.5, 0.6) is 5.75 Å². The topological polar surface area (TPSA) is 75.9 Å². The molecule has 0 aromatic heterocycles. The van der Waals surface area contributed by atoms with Gasteiger partial charge in [0.2, 0.25) is 11.8 Å². The van der Waals surface area contributed by atoms with Crippen molar-refractivity contribution in [1.82, 2.24) is 9.80 Å². The molecule has 0 bridgehead atoms. The molecule has 148 valence electrons. The second-order valence-electron chi connectivity index (χ2n) is 7.57. The van der Waals surface area contributed by atoms with Crippen LogP contribution in [0, 0.1) is 17.7 Å². The third-order valence-corrected chi connectivity index (χ3v) is 5.51. The molecule has 1 aromatic carbocycles. The van der Waals surface area contributed by atoms with E-state index in [0.717, 1.165) is 25.9 Å². The van der Waals surface area contributed by atoms with Gasteiger partial charge >= 0.3 is 0 Å². The minimum absolute atomic E-state index is 0.1000. The molecule has 0 spiro atoms. The van der Waals surface area contributed by atoms with E-state index in [4.69, 9.17) is 10.5 Å². The lowest BCUT2D eigenvalue weighted by molar-refractivity contribution is -0.136. The highest BCUT2D eigenvalue weighted by Crippen LogP contribution is 2.20. The summed E-state index contributed by atoms with van der Waals surface area (Å²) in [4.78, 5) is 27.8. The Balaban J connectivity index is 1.42. The maximum atomic E-state index is 12.9. The van der Waals surface area contributed by atoms with Crippen LogP contribution < -0.4 is 10.5 Å². The van der Waals surface area contributed by atoms with Crippen molar-refractivity contribution in [3.05, 3.63) is 30.1 Å². The molecule has 2 heterocycles. The van der Waals surface area contributed by atoms with E-state index in [1.165, 1.54) is 12.1 Å². The van der Waals surface area contributed by atoms with Crippen molar-refractivity contribution in [2.75, 3.05) is 39.3 Å². The van der Waals surface area contributed by atoms with Gasteiger partial charge in [-0.2, -0.15) is 0 Å². The molecule has 0 aliphatic carbocycles. The minimum Gasteiger partial charge on any atom is -0.493 e. The van der Waals surface area contributed by atoms with Gasteiger partial charge in [-0.15, -0.1) is 0 Å². The highest BCUT2D eigenvalue weighted by Gasteiger charge is 2.28. The van der Waals surface area contributed by atoms with Gasteiger partial charge in [0.1, 0.15) is 11.6 Å². The molecule has 2 saturated heterocycles. The average molecular weight is 377 g/mol. The fourth-order valence-corrected chi connectivity index (χ4v) is 3.88. The highest BCUT2D eigenvalue weighted by atomic mass is 19.1. The summed E-state index contributed by atoms with van der Waals surface area (Å²) in [5, 5.41) is 0. The van der Waals surface area contributed by atoms with Crippen LogP contribution in [0.25, 0.3) is 0 Å². The number of benzene rings is 1. The van der Waals surface area contributed by atoms with Crippen LogP contribution >= 0.6 is 0 Å². The van der Waals surface area contributed by atoms with E-state index in [9.17, 15) is 14.0 Å². The molecule has 6 nitrogen and oxygen atoms in total. The predicted molar refractivity (Wildman–Crippen MR) is 99.6 cm³/mol. The van der Waals surface area contributed by atoms with Crippen LogP contribution in [0.3, 0.4) is 0 Å². The lowest BCUT2D eigenvalue weighted by atomic mass is 9.96. The maximum Gasteiger partial charge on any atom is 0.236 e.